The fraction of sp³-hybridized carbons (Fsp3) is 0.600. The molecule has 0 rings (SSSR count). The molecule has 2 N–H and O–H groups in total. The van der Waals surface area contributed by atoms with Gasteiger partial charge in [0.05, 0.1) is 13.2 Å². The van der Waals surface area contributed by atoms with E-state index in [2.05, 4.69) is 0 Å². The normalized spacial score (nSPS) is 8.18. The first-order chi connectivity index (χ1) is 5.09. The van der Waals surface area contributed by atoms with Crippen LogP contribution in [0.15, 0.2) is 11.9 Å². The van der Waals surface area contributed by atoms with Gasteiger partial charge in [-0.05, 0) is 0 Å². The minimum Gasteiger partial charge on any atom is -0.394 e. The van der Waals surface area contributed by atoms with Crippen LogP contribution in [0.5, 0.6) is 0 Å². The zero-order chi connectivity index (χ0) is 9.28. The Morgan fingerprint density at radius 3 is 1.36 bits per heavy atom. The van der Waals surface area contributed by atoms with Crippen molar-refractivity contribution in [1.82, 2.24) is 0 Å². The lowest BCUT2D eigenvalue weighted by Gasteiger charge is -1.79. The van der Waals surface area contributed by atoms with Crippen LogP contribution < -0.4 is 0 Å². The highest BCUT2D eigenvalue weighted by Gasteiger charge is 2.00. The average molecular weight is 176 g/mol. The first kappa shape index (κ1) is 13.0. The van der Waals surface area contributed by atoms with E-state index in [-0.39, 0.29) is 13.2 Å². The summed E-state index contributed by atoms with van der Waals surface area (Å²) in [7, 11) is 0. The van der Waals surface area contributed by atoms with Gasteiger partial charge in [0.2, 0.25) is 0 Å². The first-order valence-corrected chi connectivity index (χ1v) is 2.57. The molecule has 0 aliphatic heterocycles. The molecular weight excluding hydrogens is 168 g/mol. The average Bonchev–Trinajstić information content (AvgIpc) is 2.03. The van der Waals surface area contributed by atoms with Gasteiger partial charge in [-0.1, -0.05) is 0 Å². The molecule has 0 amide bonds. The molecule has 0 saturated heterocycles. The molecule has 0 atom stereocenters. The molecule has 0 aromatic carbocycles. The fourth-order valence-electron chi connectivity index (χ4n) is 0.0505. The summed E-state index contributed by atoms with van der Waals surface area (Å²) in [4.78, 5) is 0. The monoisotopic (exact) mass is 176 g/mol. The summed E-state index contributed by atoms with van der Waals surface area (Å²) in [5.74, 6) is -1.99. The van der Waals surface area contributed by atoms with Gasteiger partial charge in [-0.2, -0.15) is 8.78 Å². The Kier molecular flexibility index (Phi) is 11.1. The summed E-state index contributed by atoms with van der Waals surface area (Å²) in [6, 6.07) is 0. The molecule has 6 heteroatoms. The number of alkyl halides is 1. The van der Waals surface area contributed by atoms with Gasteiger partial charge >= 0.3 is 6.08 Å². The van der Waals surface area contributed by atoms with Crippen LogP contribution >= 0.6 is 0 Å². The Balaban J connectivity index is 0. The third kappa shape index (κ3) is 12.6. The summed E-state index contributed by atoms with van der Waals surface area (Å²) in [6.45, 7) is -1.97. The lowest BCUT2D eigenvalue weighted by molar-refractivity contribution is 0.186. The smallest absolute Gasteiger partial charge is 0.304 e. The van der Waals surface area contributed by atoms with Crippen molar-refractivity contribution >= 4 is 0 Å². The number of hydrogen-bond acceptors (Lipinski definition) is 2. The van der Waals surface area contributed by atoms with Gasteiger partial charge in [0, 0.05) is 0 Å². The van der Waals surface area contributed by atoms with E-state index in [9.17, 15) is 17.6 Å². The molecule has 0 heterocycles. The molecule has 11 heavy (non-hydrogen) atoms. The van der Waals surface area contributed by atoms with E-state index in [1.807, 2.05) is 0 Å². The maximum atomic E-state index is 11.0. The Bertz CT molecular complexity index is 109. The van der Waals surface area contributed by atoms with Crippen LogP contribution in [0, 0.1) is 0 Å². The van der Waals surface area contributed by atoms with Crippen molar-refractivity contribution in [2.75, 3.05) is 19.9 Å². The van der Waals surface area contributed by atoms with E-state index in [4.69, 9.17) is 10.2 Å². The Labute approximate surface area is 60.8 Å². The lowest BCUT2D eigenvalue weighted by Crippen LogP contribution is -1.85. The number of halogens is 4. The van der Waals surface area contributed by atoms with E-state index in [0.717, 1.165) is 0 Å². The van der Waals surface area contributed by atoms with Gasteiger partial charge in [-0.3, -0.25) is 0 Å². The van der Waals surface area contributed by atoms with Crippen molar-refractivity contribution in [1.29, 1.82) is 0 Å². The number of aliphatic hydroxyl groups is 2. The van der Waals surface area contributed by atoms with E-state index < -0.39 is 18.6 Å². The van der Waals surface area contributed by atoms with Crippen LogP contribution in [0.1, 0.15) is 0 Å². The molecule has 0 fully saturated rings. The van der Waals surface area contributed by atoms with Crippen molar-refractivity contribution < 1.29 is 27.8 Å². The minimum atomic E-state index is -2.58. The second-order valence-corrected chi connectivity index (χ2v) is 1.25. The number of rotatable bonds is 2. The molecule has 0 aromatic heterocycles. The second kappa shape index (κ2) is 9.38. The van der Waals surface area contributed by atoms with Gasteiger partial charge < -0.3 is 10.2 Å². The van der Waals surface area contributed by atoms with Crippen LogP contribution in [-0.4, -0.2) is 30.1 Å². The van der Waals surface area contributed by atoms with Crippen molar-refractivity contribution in [3.63, 3.8) is 0 Å². The highest BCUT2D eigenvalue weighted by atomic mass is 19.3. The minimum absolute atomic E-state index is 0.125. The van der Waals surface area contributed by atoms with E-state index in [1.165, 1.54) is 0 Å². The van der Waals surface area contributed by atoms with E-state index in [0.29, 0.717) is 0 Å². The molecule has 2 nitrogen and oxygen atoms in total. The number of aliphatic hydroxyl groups excluding tert-OH is 2. The van der Waals surface area contributed by atoms with Gasteiger partial charge in [-0.15, -0.1) is 0 Å². The topological polar surface area (TPSA) is 40.5 Å². The molecule has 0 spiro atoms. The summed E-state index contributed by atoms with van der Waals surface area (Å²) < 4.78 is 43.1. The van der Waals surface area contributed by atoms with Crippen molar-refractivity contribution in [2.45, 2.75) is 0 Å². The summed E-state index contributed by atoms with van der Waals surface area (Å²) in [6.07, 6.45) is -2.58. The van der Waals surface area contributed by atoms with Crippen LogP contribution in [-0.2, 0) is 0 Å². The number of hydrogen-bond donors (Lipinski definition) is 2. The highest BCUT2D eigenvalue weighted by molar-refractivity contribution is 4.90. The summed E-state index contributed by atoms with van der Waals surface area (Å²) in [5, 5.41) is 15.2. The Morgan fingerprint density at radius 2 is 1.36 bits per heavy atom. The fourth-order valence-corrected chi connectivity index (χ4v) is 0.0505. The predicted molar refractivity (Wildman–Crippen MR) is 30.5 cm³/mol. The molecule has 0 radical (unpaired) electrons. The zero-order valence-corrected chi connectivity index (χ0v) is 5.53. The summed E-state index contributed by atoms with van der Waals surface area (Å²) >= 11 is 0. The highest BCUT2D eigenvalue weighted by Crippen LogP contribution is 2.07. The van der Waals surface area contributed by atoms with Crippen molar-refractivity contribution in [2.24, 2.45) is 0 Å². The standard InChI is InChI=1S/C3H2F4.C2H6O2/c4-1-2(5)3(6)7;3-1-2-4/h1H2;3-4H,1-2H2. The van der Waals surface area contributed by atoms with E-state index in [1.54, 1.807) is 0 Å². The molecule has 0 bridgehead atoms. The van der Waals surface area contributed by atoms with Gasteiger partial charge in [-0.25, -0.2) is 8.78 Å². The van der Waals surface area contributed by atoms with Crippen LogP contribution in [0.3, 0.4) is 0 Å². The zero-order valence-electron chi connectivity index (χ0n) is 5.53. The molecule has 0 unspecified atom stereocenters. The van der Waals surface area contributed by atoms with Gasteiger partial charge in [0.25, 0.3) is 0 Å². The van der Waals surface area contributed by atoms with Gasteiger partial charge in [0.1, 0.15) is 6.67 Å². The maximum absolute atomic E-state index is 11.0. The Morgan fingerprint density at radius 1 is 1.00 bits per heavy atom. The number of allylic oxidation sites excluding steroid dienone is 1. The quantitative estimate of drug-likeness (QED) is 0.616. The largest absolute Gasteiger partial charge is 0.394 e. The first-order valence-electron chi connectivity index (χ1n) is 2.57. The molecule has 0 aliphatic rings. The van der Waals surface area contributed by atoms with Gasteiger partial charge in [0.15, 0.2) is 5.83 Å². The lowest BCUT2D eigenvalue weighted by atomic mass is 10.6. The SMILES string of the molecule is FCC(F)=C(F)F.OCCO. The third-order valence-corrected chi connectivity index (χ3v) is 0.422. The van der Waals surface area contributed by atoms with Crippen molar-refractivity contribution in [3.05, 3.63) is 11.9 Å². The second-order valence-electron chi connectivity index (χ2n) is 1.25. The van der Waals surface area contributed by atoms with Crippen LogP contribution in [0.25, 0.3) is 0 Å². The molecule has 68 valence electrons. The molecule has 0 aliphatic carbocycles. The molecular formula is C5H8F4O2. The van der Waals surface area contributed by atoms with Crippen molar-refractivity contribution in [3.8, 4) is 0 Å². The third-order valence-electron chi connectivity index (χ3n) is 0.422. The maximum Gasteiger partial charge on any atom is 0.304 e. The summed E-state index contributed by atoms with van der Waals surface area (Å²) in [5.41, 5.74) is 0. The Hall–Kier alpha value is -0.620. The molecule has 0 aromatic rings. The predicted octanol–water partition coefficient (Wildman–Crippen LogP) is 1.00. The van der Waals surface area contributed by atoms with Crippen LogP contribution in [0.2, 0.25) is 0 Å². The van der Waals surface area contributed by atoms with Crippen LogP contribution in [0.4, 0.5) is 17.6 Å². The molecule has 0 saturated carbocycles. The van der Waals surface area contributed by atoms with E-state index >= 15 is 0 Å².